The Morgan fingerprint density at radius 3 is 2.24 bits per heavy atom. The summed E-state index contributed by atoms with van der Waals surface area (Å²) >= 11 is 5.41. The molecule has 2 heterocycles. The number of sulfonamides is 1. The first-order chi connectivity index (χ1) is 31.7. The Morgan fingerprint density at radius 2 is 1.59 bits per heavy atom. The fourth-order valence-electron chi connectivity index (χ4n) is 9.71. The summed E-state index contributed by atoms with van der Waals surface area (Å²) in [5.74, 6) is -0.0776. The molecule has 3 N–H and O–H groups in total. The molecule has 4 aromatic carbocycles. The number of hydrogen-bond donors (Lipinski definition) is 3. The van der Waals surface area contributed by atoms with Gasteiger partial charge in [-0.25, -0.2) is 17.3 Å². The Kier molecular flexibility index (Phi) is 17.5. The number of allylic oxidation sites excluding steroid dienone is 1. The van der Waals surface area contributed by atoms with Gasteiger partial charge in [0.25, 0.3) is 15.9 Å². The first-order valence-electron chi connectivity index (χ1n) is 23.5. The zero-order valence-electron chi connectivity index (χ0n) is 38.9. The Balaban J connectivity index is 0.957. The van der Waals surface area contributed by atoms with Crippen LogP contribution in [-0.4, -0.2) is 121 Å². The molecule has 356 valence electrons. The van der Waals surface area contributed by atoms with E-state index in [2.05, 4.69) is 81.6 Å². The van der Waals surface area contributed by atoms with E-state index in [0.29, 0.717) is 17.5 Å². The van der Waals surface area contributed by atoms with Gasteiger partial charge in [0.1, 0.15) is 0 Å². The third-order valence-electron chi connectivity index (χ3n) is 13.6. The second-order valence-corrected chi connectivity index (χ2v) is 22.8. The molecule has 2 atom stereocenters. The minimum absolute atomic E-state index is 0.0641. The van der Waals surface area contributed by atoms with Crippen LogP contribution in [0.25, 0.3) is 5.57 Å². The molecule has 1 amide bonds. The van der Waals surface area contributed by atoms with Crippen LogP contribution >= 0.6 is 23.4 Å². The maximum Gasteiger partial charge on any atom is 0.264 e. The zero-order chi connectivity index (χ0) is 46.8. The van der Waals surface area contributed by atoms with Crippen LogP contribution in [0.2, 0.25) is 5.02 Å². The SMILES string of the molecule is CCN(CC)C1CCN(CC[C@H](CSc2ccccc2)Nc2ccc(S(=O)(=O)NC(=O)c3ccc(N4CCN(CC5=C(c6ccc(Cl)cc6)CCC(C)(C)C5)CC4)cc3)cc2S(=O)O)CC1. The number of piperazine rings is 1. The first kappa shape index (κ1) is 50.2. The van der Waals surface area contributed by atoms with Gasteiger partial charge in [0, 0.05) is 78.3 Å². The molecule has 11 nitrogen and oxygen atoms in total. The summed E-state index contributed by atoms with van der Waals surface area (Å²) in [6, 6.07) is 30.0. The van der Waals surface area contributed by atoms with Gasteiger partial charge in [0.2, 0.25) is 0 Å². The van der Waals surface area contributed by atoms with Gasteiger partial charge in [0.05, 0.1) is 15.5 Å². The molecule has 3 aliphatic rings. The molecule has 0 spiro atoms. The zero-order valence-corrected chi connectivity index (χ0v) is 42.1. The van der Waals surface area contributed by atoms with Crippen molar-refractivity contribution in [2.45, 2.75) is 93.0 Å². The number of halogens is 1. The molecule has 1 aliphatic carbocycles. The van der Waals surface area contributed by atoms with Crippen LogP contribution < -0.4 is 14.9 Å². The number of thioether (sulfide) groups is 1. The lowest BCUT2D eigenvalue weighted by Crippen LogP contribution is -2.47. The van der Waals surface area contributed by atoms with Crippen molar-refractivity contribution in [2.75, 3.05) is 81.4 Å². The molecule has 2 saturated heterocycles. The van der Waals surface area contributed by atoms with Gasteiger partial charge in [-0.2, -0.15) is 0 Å². The molecular weight excluding hydrogens is 908 g/mol. The maximum absolute atomic E-state index is 13.6. The van der Waals surface area contributed by atoms with Crippen LogP contribution in [-0.2, 0) is 21.1 Å². The highest BCUT2D eigenvalue weighted by Crippen LogP contribution is 2.43. The molecule has 0 aromatic heterocycles. The van der Waals surface area contributed by atoms with Gasteiger partial charge in [-0.3, -0.25) is 9.69 Å². The third kappa shape index (κ3) is 13.5. The van der Waals surface area contributed by atoms with Gasteiger partial charge in [-0.15, -0.1) is 11.8 Å². The number of amides is 1. The largest absolute Gasteiger partial charge is 0.380 e. The van der Waals surface area contributed by atoms with E-state index in [1.165, 1.54) is 34.9 Å². The van der Waals surface area contributed by atoms with Crippen molar-refractivity contribution in [1.82, 2.24) is 19.4 Å². The van der Waals surface area contributed by atoms with E-state index >= 15 is 0 Å². The predicted octanol–water partition coefficient (Wildman–Crippen LogP) is 9.59. The maximum atomic E-state index is 13.6. The summed E-state index contributed by atoms with van der Waals surface area (Å²) in [6.07, 6.45) is 6.35. The average Bonchev–Trinajstić information content (AvgIpc) is 3.31. The molecule has 2 aliphatic heterocycles. The monoisotopic (exact) mass is 974 g/mol. The molecule has 1 unspecified atom stereocenters. The molecule has 7 rings (SSSR count). The fourth-order valence-corrected chi connectivity index (χ4v) is 12.4. The predicted molar refractivity (Wildman–Crippen MR) is 273 cm³/mol. The number of hydrogen-bond acceptors (Lipinski definition) is 10. The van der Waals surface area contributed by atoms with Crippen molar-refractivity contribution in [3.8, 4) is 0 Å². The summed E-state index contributed by atoms with van der Waals surface area (Å²) in [4.78, 5) is 24.0. The van der Waals surface area contributed by atoms with E-state index < -0.39 is 27.0 Å². The molecule has 66 heavy (non-hydrogen) atoms. The smallest absolute Gasteiger partial charge is 0.264 e. The van der Waals surface area contributed by atoms with Crippen molar-refractivity contribution in [3.05, 3.63) is 119 Å². The Bertz CT molecular complexity index is 2400. The van der Waals surface area contributed by atoms with Crippen molar-refractivity contribution in [1.29, 1.82) is 0 Å². The average molecular weight is 976 g/mol. The van der Waals surface area contributed by atoms with Gasteiger partial charge in [0.15, 0.2) is 11.1 Å². The second kappa shape index (κ2) is 23.0. The van der Waals surface area contributed by atoms with E-state index in [-0.39, 0.29) is 26.8 Å². The van der Waals surface area contributed by atoms with Crippen molar-refractivity contribution in [2.24, 2.45) is 5.41 Å². The van der Waals surface area contributed by atoms with E-state index in [4.69, 9.17) is 11.6 Å². The van der Waals surface area contributed by atoms with Gasteiger partial charge in [-0.05, 0) is 148 Å². The van der Waals surface area contributed by atoms with Crippen LogP contribution in [0, 0.1) is 5.41 Å². The molecule has 4 aromatic rings. The number of rotatable bonds is 19. The van der Waals surface area contributed by atoms with E-state index in [1.807, 2.05) is 42.5 Å². The minimum atomic E-state index is -4.39. The lowest BCUT2D eigenvalue weighted by molar-refractivity contribution is 0.0981. The van der Waals surface area contributed by atoms with Crippen LogP contribution in [0.4, 0.5) is 11.4 Å². The summed E-state index contributed by atoms with van der Waals surface area (Å²) < 4.78 is 52.7. The number of piperidine rings is 1. The molecule has 15 heteroatoms. The van der Waals surface area contributed by atoms with Gasteiger partial charge in [-0.1, -0.05) is 75.2 Å². The Morgan fingerprint density at radius 1 is 0.909 bits per heavy atom. The lowest BCUT2D eigenvalue weighted by Gasteiger charge is -2.39. The Hall–Kier alpha value is -3.73. The second-order valence-electron chi connectivity index (χ2n) is 18.6. The molecule has 0 bridgehead atoms. The van der Waals surface area contributed by atoms with Crippen LogP contribution in [0.15, 0.2) is 117 Å². The molecule has 0 saturated carbocycles. The van der Waals surface area contributed by atoms with E-state index in [0.717, 1.165) is 120 Å². The minimum Gasteiger partial charge on any atom is -0.380 e. The number of carbonyl (C=O) groups is 1. The van der Waals surface area contributed by atoms with Crippen LogP contribution in [0.5, 0.6) is 0 Å². The van der Waals surface area contributed by atoms with Gasteiger partial charge >= 0.3 is 0 Å². The fraction of sp³-hybridized carbons (Fsp3) is 0.471. The topological polar surface area (TPSA) is 126 Å². The third-order valence-corrected chi connectivity index (χ3v) is 17.0. The highest BCUT2D eigenvalue weighted by Gasteiger charge is 2.30. The van der Waals surface area contributed by atoms with Crippen LogP contribution in [0.1, 0.15) is 82.1 Å². The number of likely N-dealkylation sites (tertiary alicyclic amines) is 1. The lowest BCUT2D eigenvalue weighted by atomic mass is 9.73. The first-order valence-corrected chi connectivity index (χ1v) is 27.4. The van der Waals surface area contributed by atoms with Crippen molar-refractivity contribution in [3.63, 3.8) is 0 Å². The normalized spacial score (nSPS) is 18.6. The van der Waals surface area contributed by atoms with Crippen LogP contribution in [0.3, 0.4) is 0 Å². The quantitative estimate of drug-likeness (QED) is 0.0615. The summed E-state index contributed by atoms with van der Waals surface area (Å²) in [5.41, 5.74) is 6.03. The molecule has 2 fully saturated rings. The number of nitrogens with one attached hydrogen (secondary N) is 2. The number of carbonyl (C=O) groups excluding carboxylic acids is 1. The van der Waals surface area contributed by atoms with E-state index in [9.17, 15) is 22.0 Å². The summed E-state index contributed by atoms with van der Waals surface area (Å²) in [5, 5.41) is 4.24. The standard InChI is InChI=1S/C51H67ClN6O5S3/c1-5-57(6-2)44-24-28-55(29-25-44)27-23-42(37-64-45-10-8-7-9-11-45)53-48-21-20-46(34-49(48)65(60)61)66(62,63)54-50(59)39-14-18-43(19-15-39)58-32-30-56(31-33-58)36-40-35-51(3,4)26-22-47(40)38-12-16-41(52)17-13-38/h7-21,34,42,44,53H,5-6,22-33,35-37H2,1-4H3,(H,54,59)(H,60,61)/t42-/m1/s1. The van der Waals surface area contributed by atoms with Gasteiger partial charge < -0.3 is 24.6 Å². The van der Waals surface area contributed by atoms with Crippen molar-refractivity contribution >= 4 is 67.3 Å². The highest BCUT2D eigenvalue weighted by molar-refractivity contribution is 7.99. The number of anilines is 2. The molecule has 0 radical (unpaired) electrons. The number of nitrogens with zero attached hydrogens (tertiary/aromatic N) is 4. The van der Waals surface area contributed by atoms with Crippen molar-refractivity contribution < 1.29 is 22.0 Å². The number of benzene rings is 4. The Labute approximate surface area is 405 Å². The summed E-state index contributed by atoms with van der Waals surface area (Å²) in [7, 11) is -4.39. The summed E-state index contributed by atoms with van der Waals surface area (Å²) in [6.45, 7) is 18.6. The highest BCUT2D eigenvalue weighted by atomic mass is 35.5. The molecular formula is C51H67ClN6O5S3. The van der Waals surface area contributed by atoms with E-state index in [1.54, 1.807) is 23.9 Å².